The van der Waals surface area contributed by atoms with Crippen LogP contribution >= 0.6 is 0 Å². The second-order valence-electron chi connectivity index (χ2n) is 4.58. The van der Waals surface area contributed by atoms with Crippen molar-refractivity contribution in [2.75, 3.05) is 6.54 Å². The van der Waals surface area contributed by atoms with Crippen molar-refractivity contribution in [3.05, 3.63) is 12.0 Å². The minimum Gasteiger partial charge on any atom is -0.368 e. The summed E-state index contributed by atoms with van der Waals surface area (Å²) in [7, 11) is -3.73. The Bertz CT molecular complexity index is 566. The number of amides is 1. The van der Waals surface area contributed by atoms with Crippen molar-refractivity contribution in [1.29, 1.82) is 0 Å². The van der Waals surface area contributed by atoms with Gasteiger partial charge in [0.05, 0.1) is 6.20 Å². The van der Waals surface area contributed by atoms with E-state index in [-0.39, 0.29) is 5.03 Å². The van der Waals surface area contributed by atoms with Crippen LogP contribution in [0.2, 0.25) is 0 Å². The van der Waals surface area contributed by atoms with Crippen LogP contribution in [0, 0.1) is 0 Å². The van der Waals surface area contributed by atoms with Crippen LogP contribution < -0.4 is 5.73 Å². The third kappa shape index (κ3) is 2.64. The maximum atomic E-state index is 12.5. The van der Waals surface area contributed by atoms with Gasteiger partial charge in [-0.25, -0.2) is 13.4 Å². The normalized spacial score (nSPS) is 21.4. The van der Waals surface area contributed by atoms with E-state index < -0.39 is 22.0 Å². The number of carbonyl (C=O) groups is 1. The zero-order chi connectivity index (χ0) is 14.0. The van der Waals surface area contributed by atoms with Crippen LogP contribution in [0.3, 0.4) is 0 Å². The highest BCUT2D eigenvalue weighted by Crippen LogP contribution is 2.24. The van der Waals surface area contributed by atoms with E-state index in [0.717, 1.165) is 12.8 Å². The lowest BCUT2D eigenvalue weighted by molar-refractivity contribution is -0.122. The topological polar surface area (TPSA) is 109 Å². The molecular formula is C11H18N4O3S. The number of aryl methyl sites for hydroxylation is 1. The van der Waals surface area contributed by atoms with Gasteiger partial charge >= 0.3 is 0 Å². The largest absolute Gasteiger partial charge is 0.368 e. The molecule has 0 bridgehead atoms. The Morgan fingerprint density at radius 2 is 2.32 bits per heavy atom. The number of H-pyrrole nitrogens is 1. The fourth-order valence-electron chi connectivity index (χ4n) is 2.26. The number of sulfonamides is 1. The van der Waals surface area contributed by atoms with Crippen LogP contribution in [0.25, 0.3) is 0 Å². The van der Waals surface area contributed by atoms with Crippen molar-refractivity contribution in [2.45, 2.75) is 43.7 Å². The van der Waals surface area contributed by atoms with Gasteiger partial charge in [-0.15, -0.1) is 0 Å². The van der Waals surface area contributed by atoms with Crippen molar-refractivity contribution >= 4 is 15.9 Å². The number of imidazole rings is 1. The smallest absolute Gasteiger partial charge is 0.260 e. The van der Waals surface area contributed by atoms with Gasteiger partial charge in [0.2, 0.25) is 5.91 Å². The molecule has 7 nitrogen and oxygen atoms in total. The summed E-state index contributed by atoms with van der Waals surface area (Å²) in [5.41, 5.74) is 5.29. The van der Waals surface area contributed by atoms with E-state index >= 15 is 0 Å². The second-order valence-corrected chi connectivity index (χ2v) is 6.44. The first kappa shape index (κ1) is 14.0. The van der Waals surface area contributed by atoms with Gasteiger partial charge in [0, 0.05) is 13.0 Å². The zero-order valence-corrected chi connectivity index (χ0v) is 11.6. The average Bonchev–Trinajstić information content (AvgIpc) is 2.88. The lowest BCUT2D eigenvalue weighted by Gasteiger charge is -2.31. The fraction of sp³-hybridized carbons (Fsp3) is 0.636. The summed E-state index contributed by atoms with van der Waals surface area (Å²) < 4.78 is 26.1. The summed E-state index contributed by atoms with van der Waals surface area (Å²) in [6, 6.07) is -0.757. The number of nitrogens with one attached hydrogen (secondary N) is 1. The molecule has 0 aliphatic carbocycles. The molecule has 19 heavy (non-hydrogen) atoms. The number of nitrogens with zero attached hydrogens (tertiary/aromatic N) is 2. The second kappa shape index (κ2) is 5.30. The van der Waals surface area contributed by atoms with E-state index in [0.29, 0.717) is 25.2 Å². The molecule has 0 spiro atoms. The molecule has 2 rings (SSSR count). The minimum atomic E-state index is -3.73. The Morgan fingerprint density at radius 1 is 1.58 bits per heavy atom. The lowest BCUT2D eigenvalue weighted by Crippen LogP contribution is -2.50. The molecule has 2 heterocycles. The maximum absolute atomic E-state index is 12.5. The molecule has 1 aromatic rings. The molecule has 1 aromatic heterocycles. The number of carbonyl (C=O) groups excluding carboxylic acids is 1. The van der Waals surface area contributed by atoms with Crippen LogP contribution in [-0.2, 0) is 21.2 Å². The third-order valence-corrected chi connectivity index (χ3v) is 5.13. The average molecular weight is 286 g/mol. The first-order chi connectivity index (χ1) is 8.96. The number of hydrogen-bond acceptors (Lipinski definition) is 4. The van der Waals surface area contributed by atoms with Gasteiger partial charge in [-0.2, -0.15) is 4.31 Å². The van der Waals surface area contributed by atoms with Crippen molar-refractivity contribution in [1.82, 2.24) is 14.3 Å². The maximum Gasteiger partial charge on any atom is 0.260 e. The van der Waals surface area contributed by atoms with Crippen LogP contribution in [0.5, 0.6) is 0 Å². The first-order valence-electron chi connectivity index (χ1n) is 6.32. The Hall–Kier alpha value is -1.41. The number of aromatic nitrogens is 2. The SMILES string of the molecule is CCc1ncc(S(=O)(=O)N2CCCCC2C(N)=O)[nH]1. The molecule has 1 fully saturated rings. The van der Waals surface area contributed by atoms with Gasteiger partial charge in [0.15, 0.2) is 5.03 Å². The molecular weight excluding hydrogens is 268 g/mol. The van der Waals surface area contributed by atoms with E-state index in [4.69, 9.17) is 5.73 Å². The summed E-state index contributed by atoms with van der Waals surface area (Å²) in [6.45, 7) is 2.19. The molecule has 1 atom stereocenters. The van der Waals surface area contributed by atoms with Crippen LogP contribution in [0.4, 0.5) is 0 Å². The Kier molecular flexibility index (Phi) is 3.91. The molecule has 1 aliphatic rings. The summed E-state index contributed by atoms with van der Waals surface area (Å²) in [6.07, 6.45) is 3.93. The monoisotopic (exact) mass is 286 g/mol. The van der Waals surface area contributed by atoms with Crippen molar-refractivity contribution < 1.29 is 13.2 Å². The number of aromatic amines is 1. The quantitative estimate of drug-likeness (QED) is 0.811. The standard InChI is InChI=1S/C11H18N4O3S/c1-2-9-13-7-10(14-9)19(17,18)15-6-4-3-5-8(15)11(12)16/h7-8H,2-6H2,1H3,(H2,12,16)(H,13,14). The van der Waals surface area contributed by atoms with Gasteiger partial charge in [0.1, 0.15) is 11.9 Å². The van der Waals surface area contributed by atoms with Gasteiger partial charge in [-0.3, -0.25) is 4.79 Å². The summed E-state index contributed by atoms with van der Waals surface area (Å²) in [4.78, 5) is 18.1. The van der Waals surface area contributed by atoms with Gasteiger partial charge in [-0.05, 0) is 12.8 Å². The number of nitrogens with two attached hydrogens (primary N) is 1. The molecule has 1 saturated heterocycles. The summed E-state index contributed by atoms with van der Waals surface area (Å²) in [5.74, 6) is 0.00437. The Labute approximate surface area is 112 Å². The number of primary amides is 1. The minimum absolute atomic E-state index is 0.0255. The summed E-state index contributed by atoms with van der Waals surface area (Å²) in [5, 5.41) is 0.0255. The highest BCUT2D eigenvalue weighted by atomic mass is 32.2. The highest BCUT2D eigenvalue weighted by molar-refractivity contribution is 7.89. The number of hydrogen-bond donors (Lipinski definition) is 2. The highest BCUT2D eigenvalue weighted by Gasteiger charge is 2.37. The molecule has 106 valence electrons. The summed E-state index contributed by atoms with van der Waals surface area (Å²) >= 11 is 0. The Morgan fingerprint density at radius 3 is 2.89 bits per heavy atom. The van der Waals surface area contributed by atoms with Crippen LogP contribution in [0.1, 0.15) is 32.0 Å². The molecule has 0 radical (unpaired) electrons. The predicted molar refractivity (Wildman–Crippen MR) is 68.7 cm³/mol. The number of rotatable bonds is 4. The van der Waals surface area contributed by atoms with Gasteiger partial charge < -0.3 is 10.7 Å². The fourth-order valence-corrected chi connectivity index (χ4v) is 3.86. The van der Waals surface area contributed by atoms with Crippen molar-refractivity contribution in [3.63, 3.8) is 0 Å². The molecule has 1 amide bonds. The predicted octanol–water partition coefficient (Wildman–Crippen LogP) is 0.000600. The number of piperidine rings is 1. The molecule has 0 aromatic carbocycles. The molecule has 0 saturated carbocycles. The molecule has 1 unspecified atom stereocenters. The van der Waals surface area contributed by atoms with Crippen LogP contribution in [0.15, 0.2) is 11.2 Å². The van der Waals surface area contributed by atoms with E-state index in [9.17, 15) is 13.2 Å². The lowest BCUT2D eigenvalue weighted by atomic mass is 10.0. The van der Waals surface area contributed by atoms with E-state index in [2.05, 4.69) is 9.97 Å². The Balaban J connectivity index is 2.34. The first-order valence-corrected chi connectivity index (χ1v) is 7.76. The van der Waals surface area contributed by atoms with E-state index in [1.54, 1.807) is 0 Å². The van der Waals surface area contributed by atoms with E-state index in [1.165, 1.54) is 10.5 Å². The van der Waals surface area contributed by atoms with Crippen molar-refractivity contribution in [3.8, 4) is 0 Å². The van der Waals surface area contributed by atoms with E-state index in [1.807, 2.05) is 6.92 Å². The van der Waals surface area contributed by atoms with Crippen molar-refractivity contribution in [2.24, 2.45) is 5.73 Å². The zero-order valence-electron chi connectivity index (χ0n) is 10.8. The molecule has 8 heteroatoms. The third-order valence-electron chi connectivity index (χ3n) is 3.31. The van der Waals surface area contributed by atoms with Gasteiger partial charge in [0.25, 0.3) is 10.0 Å². The molecule has 3 N–H and O–H groups in total. The molecule has 1 aliphatic heterocycles. The van der Waals surface area contributed by atoms with Gasteiger partial charge in [-0.1, -0.05) is 13.3 Å². The van der Waals surface area contributed by atoms with Crippen LogP contribution in [-0.4, -0.2) is 41.2 Å².